The van der Waals surface area contributed by atoms with Crippen LogP contribution in [0.1, 0.15) is 20.8 Å². The van der Waals surface area contributed by atoms with Crippen LogP contribution in [-0.2, 0) is 27.5 Å². The number of amides is 5. The zero-order valence-electron chi connectivity index (χ0n) is 20.6. The fourth-order valence-electron chi connectivity index (χ4n) is 3.09. The van der Waals surface area contributed by atoms with Crippen LogP contribution in [0.3, 0.4) is 0 Å². The Labute approximate surface area is 227 Å². The maximum atomic E-state index is 12.4. The molecule has 3 rings (SSSR count). The Bertz CT molecular complexity index is 1280. The molecule has 13 heteroatoms. The van der Waals surface area contributed by atoms with Crippen LogP contribution in [0.5, 0.6) is 0 Å². The zero-order chi connectivity index (χ0) is 28.0. The first-order valence-electron chi connectivity index (χ1n) is 11.7. The van der Waals surface area contributed by atoms with Gasteiger partial charge in [0.15, 0.2) is 0 Å². The lowest BCUT2D eigenvalue weighted by molar-refractivity contribution is -0.139. The Morgan fingerprint density at radius 3 is 2.15 bits per heavy atom. The molecule has 3 aromatic rings. The van der Waals surface area contributed by atoms with Gasteiger partial charge in [-0.3, -0.25) is 14.9 Å². The lowest BCUT2D eigenvalue weighted by Crippen LogP contribution is -2.50. The summed E-state index contributed by atoms with van der Waals surface area (Å²) in [5.41, 5.74) is 1.66. The molecule has 0 spiro atoms. The lowest BCUT2D eigenvalue weighted by atomic mass is 10.2. The maximum absolute atomic E-state index is 12.4. The van der Waals surface area contributed by atoms with E-state index in [1.807, 2.05) is 30.3 Å². The summed E-state index contributed by atoms with van der Waals surface area (Å²) in [7, 11) is 0. The average Bonchev–Trinajstić information content (AvgIpc) is 3.41. The van der Waals surface area contributed by atoms with E-state index in [4.69, 9.17) is 4.74 Å². The van der Waals surface area contributed by atoms with Gasteiger partial charge in [-0.1, -0.05) is 60.7 Å². The molecule has 0 aliphatic heterocycles. The van der Waals surface area contributed by atoms with Crippen molar-refractivity contribution in [2.45, 2.75) is 19.2 Å². The number of alkyl carbamates (subject to hydrolysis) is 1. The van der Waals surface area contributed by atoms with E-state index in [9.17, 15) is 29.1 Å². The number of hydrogen-bond acceptors (Lipinski definition) is 7. The molecule has 0 aliphatic carbocycles. The monoisotopic (exact) mass is 553 g/mol. The Morgan fingerprint density at radius 2 is 1.49 bits per heavy atom. The van der Waals surface area contributed by atoms with Crippen LogP contribution >= 0.6 is 11.3 Å². The number of carboxylic acids is 1. The van der Waals surface area contributed by atoms with Gasteiger partial charge < -0.3 is 31.1 Å². The van der Waals surface area contributed by atoms with E-state index in [0.717, 1.165) is 22.5 Å². The van der Waals surface area contributed by atoms with E-state index in [2.05, 4.69) is 26.6 Å². The molecule has 5 amide bonds. The summed E-state index contributed by atoms with van der Waals surface area (Å²) in [6.07, 6.45) is -0.954. The van der Waals surface area contributed by atoms with E-state index < -0.39 is 49.0 Å². The number of thiophene rings is 1. The number of aliphatic carboxylic acids is 1. The van der Waals surface area contributed by atoms with Crippen molar-refractivity contribution in [2.75, 3.05) is 18.4 Å². The van der Waals surface area contributed by atoms with Gasteiger partial charge in [0.2, 0.25) is 5.91 Å². The van der Waals surface area contributed by atoms with Gasteiger partial charge in [0.1, 0.15) is 12.6 Å². The van der Waals surface area contributed by atoms with Gasteiger partial charge in [0.05, 0.1) is 16.4 Å². The second kappa shape index (κ2) is 14.7. The number of benzene rings is 2. The Hall–Kier alpha value is -4.91. The number of hydrogen-bond donors (Lipinski definition) is 6. The molecule has 0 unspecified atom stereocenters. The Morgan fingerprint density at radius 1 is 0.821 bits per heavy atom. The topological polar surface area (TPSA) is 175 Å². The van der Waals surface area contributed by atoms with Crippen molar-refractivity contribution in [1.29, 1.82) is 0 Å². The van der Waals surface area contributed by atoms with E-state index in [-0.39, 0.29) is 11.5 Å². The second-order valence-corrected chi connectivity index (χ2v) is 9.12. The van der Waals surface area contributed by atoms with Crippen LogP contribution in [0.4, 0.5) is 14.6 Å². The third-order valence-corrected chi connectivity index (χ3v) is 6.08. The smallest absolute Gasteiger partial charge is 0.408 e. The minimum atomic E-state index is -1.44. The molecule has 39 heavy (non-hydrogen) atoms. The number of carbonyl (C=O) groups is 5. The molecule has 2 aromatic carbocycles. The first-order valence-corrected chi connectivity index (χ1v) is 12.6. The van der Waals surface area contributed by atoms with E-state index in [1.54, 1.807) is 36.4 Å². The van der Waals surface area contributed by atoms with Crippen molar-refractivity contribution < 1.29 is 33.8 Å². The highest BCUT2D eigenvalue weighted by atomic mass is 32.1. The summed E-state index contributed by atoms with van der Waals surface area (Å²) in [5, 5.41) is 22.0. The van der Waals surface area contributed by atoms with Gasteiger partial charge in [-0.15, -0.1) is 11.3 Å². The number of urea groups is 1. The predicted octanol–water partition coefficient (Wildman–Crippen LogP) is 2.30. The van der Waals surface area contributed by atoms with Gasteiger partial charge in [0, 0.05) is 13.1 Å². The lowest BCUT2D eigenvalue weighted by Gasteiger charge is -2.15. The molecule has 6 N–H and O–H groups in total. The summed E-state index contributed by atoms with van der Waals surface area (Å²) in [6, 6.07) is 19.4. The quantitative estimate of drug-likeness (QED) is 0.199. The largest absolute Gasteiger partial charge is 0.480 e. The molecule has 0 bridgehead atoms. The van der Waals surface area contributed by atoms with Crippen LogP contribution in [0.25, 0.3) is 0 Å². The third-order valence-electron chi connectivity index (χ3n) is 5.08. The molecule has 0 saturated carbocycles. The van der Waals surface area contributed by atoms with Crippen molar-refractivity contribution >= 4 is 46.2 Å². The SMILES string of the molecule is O=C(CNC(=O)c1ccc(NC(=O)NCc2ccccc2)s1)NC[C@H](NC(=O)OCc1ccccc1)C(=O)O. The normalized spacial score (nSPS) is 11.0. The first kappa shape index (κ1) is 28.7. The zero-order valence-corrected chi connectivity index (χ0v) is 21.5. The van der Waals surface area contributed by atoms with Gasteiger partial charge in [-0.2, -0.15) is 0 Å². The van der Waals surface area contributed by atoms with Crippen molar-refractivity contribution in [3.63, 3.8) is 0 Å². The molecule has 0 aliphatic rings. The predicted molar refractivity (Wildman–Crippen MR) is 143 cm³/mol. The fourth-order valence-corrected chi connectivity index (χ4v) is 3.91. The molecular weight excluding hydrogens is 526 g/mol. The molecule has 204 valence electrons. The standard InChI is InChI=1S/C26H27N5O7S/c32-21(27-14-19(24(34)35)30-26(37)38-16-18-9-5-2-6-10-18)15-28-23(33)20-11-12-22(39-20)31-25(36)29-13-17-7-3-1-4-8-17/h1-12,19H,13-16H2,(H,27,32)(H,28,33)(H,30,37)(H,34,35)(H2,29,31,36)/t19-/m0/s1. The molecular formula is C26H27N5O7S. The van der Waals surface area contributed by atoms with Gasteiger partial charge in [0.25, 0.3) is 5.91 Å². The number of ether oxygens (including phenoxy) is 1. The van der Waals surface area contributed by atoms with E-state index >= 15 is 0 Å². The minimum Gasteiger partial charge on any atom is -0.480 e. The molecule has 1 atom stereocenters. The number of nitrogens with one attached hydrogen (secondary N) is 5. The number of rotatable bonds is 12. The summed E-state index contributed by atoms with van der Waals surface area (Å²) < 4.78 is 4.99. The molecule has 1 aromatic heterocycles. The number of carbonyl (C=O) groups excluding carboxylic acids is 4. The fraction of sp³-hybridized carbons (Fsp3) is 0.192. The van der Waals surface area contributed by atoms with Gasteiger partial charge in [-0.25, -0.2) is 14.4 Å². The molecule has 1 heterocycles. The highest BCUT2D eigenvalue weighted by Crippen LogP contribution is 2.21. The summed E-state index contributed by atoms with van der Waals surface area (Å²) in [4.78, 5) is 60.2. The van der Waals surface area contributed by atoms with Crippen molar-refractivity contribution in [3.05, 3.63) is 88.8 Å². The average molecular weight is 554 g/mol. The number of carboxylic acid groups (broad SMARTS) is 1. The van der Waals surface area contributed by atoms with Crippen molar-refractivity contribution in [2.24, 2.45) is 0 Å². The minimum absolute atomic E-state index is 0.0459. The van der Waals surface area contributed by atoms with Crippen molar-refractivity contribution in [1.82, 2.24) is 21.3 Å². The molecule has 0 fully saturated rings. The van der Waals surface area contributed by atoms with Crippen molar-refractivity contribution in [3.8, 4) is 0 Å². The van der Waals surface area contributed by atoms with Gasteiger partial charge >= 0.3 is 18.1 Å². The van der Waals surface area contributed by atoms with Crippen LogP contribution in [-0.4, -0.2) is 54.1 Å². The van der Waals surface area contributed by atoms with E-state index in [1.165, 1.54) is 6.07 Å². The molecule has 0 radical (unpaired) electrons. The van der Waals surface area contributed by atoms with Crippen LogP contribution in [0, 0.1) is 0 Å². The number of anilines is 1. The van der Waals surface area contributed by atoms with E-state index in [0.29, 0.717) is 11.5 Å². The summed E-state index contributed by atoms with van der Waals surface area (Å²) >= 11 is 1.02. The highest BCUT2D eigenvalue weighted by Gasteiger charge is 2.22. The second-order valence-electron chi connectivity index (χ2n) is 8.04. The third kappa shape index (κ3) is 10.2. The van der Waals surface area contributed by atoms with Crippen LogP contribution < -0.4 is 26.6 Å². The molecule has 0 saturated heterocycles. The Balaban J connectivity index is 1.36. The van der Waals surface area contributed by atoms with Gasteiger partial charge in [-0.05, 0) is 23.3 Å². The molecule has 12 nitrogen and oxygen atoms in total. The summed E-state index contributed by atoms with van der Waals surface area (Å²) in [6.45, 7) is -0.555. The maximum Gasteiger partial charge on any atom is 0.408 e. The highest BCUT2D eigenvalue weighted by molar-refractivity contribution is 7.18. The van der Waals surface area contributed by atoms with Crippen LogP contribution in [0.15, 0.2) is 72.8 Å². The first-order chi connectivity index (χ1) is 18.8. The summed E-state index contributed by atoms with van der Waals surface area (Å²) in [5.74, 6) is -2.59. The van der Waals surface area contributed by atoms with Crippen LogP contribution in [0.2, 0.25) is 0 Å². The Kier molecular flexibility index (Phi) is 10.8.